The van der Waals surface area contributed by atoms with Gasteiger partial charge in [-0.2, -0.15) is 5.10 Å². The van der Waals surface area contributed by atoms with E-state index >= 15 is 0 Å². The molecule has 4 N–H and O–H groups in total. The molecule has 0 fully saturated rings. The molecule has 16 heavy (non-hydrogen) atoms. The Balaban J connectivity index is 2.58. The molecule has 1 aromatic heterocycles. The van der Waals surface area contributed by atoms with E-state index in [1.165, 1.54) is 18.1 Å². The van der Waals surface area contributed by atoms with Gasteiger partial charge in [-0.1, -0.05) is 18.7 Å². The fourth-order valence-corrected chi connectivity index (χ4v) is 2.41. The summed E-state index contributed by atoms with van der Waals surface area (Å²) in [6.45, 7) is 3.62. The Morgan fingerprint density at radius 1 is 1.75 bits per heavy atom. The molecule has 0 saturated carbocycles. The van der Waals surface area contributed by atoms with Crippen LogP contribution >= 0.6 is 11.8 Å². The van der Waals surface area contributed by atoms with E-state index in [1.807, 2.05) is 14.0 Å². The van der Waals surface area contributed by atoms with Crippen molar-refractivity contribution >= 4 is 17.7 Å². The summed E-state index contributed by atoms with van der Waals surface area (Å²) in [5.74, 6) is -0.488. The van der Waals surface area contributed by atoms with Crippen molar-refractivity contribution in [1.29, 1.82) is 0 Å². The van der Waals surface area contributed by atoms with Crippen molar-refractivity contribution < 1.29 is 4.79 Å². The first-order chi connectivity index (χ1) is 7.33. The lowest BCUT2D eigenvalue weighted by Gasteiger charge is -2.23. The number of carbonyl (C=O) groups excluding carboxylic acids is 1. The van der Waals surface area contributed by atoms with Crippen LogP contribution in [0.5, 0.6) is 0 Å². The standard InChI is InChI=1S/C9H17N5OS/c1-6(4-9(2,11)7(10)15)16-8-12-5-13-14(8)3/h5-6H,4,11H2,1-3H3,(H2,10,15). The minimum absolute atomic E-state index is 0.144. The molecule has 1 heterocycles. The Labute approximate surface area is 98.8 Å². The van der Waals surface area contributed by atoms with Gasteiger partial charge in [0, 0.05) is 12.3 Å². The zero-order valence-corrected chi connectivity index (χ0v) is 10.5. The van der Waals surface area contributed by atoms with E-state index < -0.39 is 11.4 Å². The van der Waals surface area contributed by atoms with Crippen molar-refractivity contribution in [1.82, 2.24) is 14.8 Å². The van der Waals surface area contributed by atoms with E-state index in [-0.39, 0.29) is 5.25 Å². The Kier molecular flexibility index (Phi) is 3.93. The molecule has 2 atom stereocenters. The Morgan fingerprint density at radius 2 is 2.38 bits per heavy atom. The van der Waals surface area contributed by atoms with Crippen LogP contribution in [0, 0.1) is 0 Å². The second kappa shape index (κ2) is 4.84. The van der Waals surface area contributed by atoms with Crippen LogP contribution in [0.2, 0.25) is 0 Å². The van der Waals surface area contributed by atoms with E-state index in [4.69, 9.17) is 11.5 Å². The fourth-order valence-electron chi connectivity index (χ4n) is 1.31. The molecule has 7 heteroatoms. The predicted octanol–water partition coefficient (Wildman–Crippen LogP) is -0.111. The first-order valence-electron chi connectivity index (χ1n) is 4.92. The van der Waals surface area contributed by atoms with Crippen molar-refractivity contribution in [3.05, 3.63) is 6.33 Å². The van der Waals surface area contributed by atoms with Gasteiger partial charge in [0.1, 0.15) is 6.33 Å². The zero-order valence-electron chi connectivity index (χ0n) is 9.67. The second-order valence-electron chi connectivity index (χ2n) is 4.08. The van der Waals surface area contributed by atoms with E-state index in [0.29, 0.717) is 6.42 Å². The lowest BCUT2D eigenvalue weighted by atomic mass is 9.97. The maximum atomic E-state index is 11.1. The first kappa shape index (κ1) is 13.0. The first-order valence-corrected chi connectivity index (χ1v) is 5.80. The Hall–Kier alpha value is -1.08. The third kappa shape index (κ3) is 3.21. The highest BCUT2D eigenvalue weighted by atomic mass is 32.2. The molecule has 0 spiro atoms. The van der Waals surface area contributed by atoms with Gasteiger partial charge < -0.3 is 11.5 Å². The summed E-state index contributed by atoms with van der Waals surface area (Å²) in [5, 5.41) is 4.91. The van der Waals surface area contributed by atoms with Crippen molar-refractivity contribution in [3.8, 4) is 0 Å². The van der Waals surface area contributed by atoms with Gasteiger partial charge in [0.2, 0.25) is 5.91 Å². The van der Waals surface area contributed by atoms with Crippen molar-refractivity contribution in [2.45, 2.75) is 36.2 Å². The van der Waals surface area contributed by atoms with E-state index in [0.717, 1.165) is 5.16 Å². The van der Waals surface area contributed by atoms with Gasteiger partial charge in [-0.05, 0) is 13.3 Å². The molecule has 0 saturated heterocycles. The molecule has 1 amide bonds. The number of aryl methyl sites for hydroxylation is 1. The highest BCUT2D eigenvalue weighted by molar-refractivity contribution is 7.99. The maximum Gasteiger partial charge on any atom is 0.237 e. The van der Waals surface area contributed by atoms with Gasteiger partial charge >= 0.3 is 0 Å². The van der Waals surface area contributed by atoms with Crippen molar-refractivity contribution in [3.63, 3.8) is 0 Å². The third-order valence-corrected chi connectivity index (χ3v) is 3.40. The molecular weight excluding hydrogens is 226 g/mol. The summed E-state index contributed by atoms with van der Waals surface area (Å²) >= 11 is 1.52. The maximum absolute atomic E-state index is 11.1. The molecule has 1 aromatic rings. The average Bonchev–Trinajstić information content (AvgIpc) is 2.50. The smallest absolute Gasteiger partial charge is 0.237 e. The minimum Gasteiger partial charge on any atom is -0.368 e. The van der Waals surface area contributed by atoms with Gasteiger partial charge in [0.25, 0.3) is 0 Å². The van der Waals surface area contributed by atoms with Gasteiger partial charge in [-0.25, -0.2) is 9.67 Å². The highest BCUT2D eigenvalue weighted by Crippen LogP contribution is 2.25. The Morgan fingerprint density at radius 3 is 2.81 bits per heavy atom. The van der Waals surface area contributed by atoms with Crippen LogP contribution in [-0.4, -0.2) is 31.5 Å². The minimum atomic E-state index is -0.981. The van der Waals surface area contributed by atoms with Crippen LogP contribution in [-0.2, 0) is 11.8 Å². The topological polar surface area (TPSA) is 99.8 Å². The van der Waals surface area contributed by atoms with Crippen LogP contribution in [0.3, 0.4) is 0 Å². The highest BCUT2D eigenvalue weighted by Gasteiger charge is 2.28. The number of primary amides is 1. The second-order valence-corrected chi connectivity index (χ2v) is 5.49. The van der Waals surface area contributed by atoms with Crippen LogP contribution in [0.15, 0.2) is 11.5 Å². The average molecular weight is 243 g/mol. The van der Waals surface area contributed by atoms with E-state index in [9.17, 15) is 4.79 Å². The lowest BCUT2D eigenvalue weighted by Crippen LogP contribution is -2.50. The molecular formula is C9H17N5OS. The number of nitrogens with two attached hydrogens (primary N) is 2. The molecule has 0 aliphatic rings. The van der Waals surface area contributed by atoms with Crippen LogP contribution < -0.4 is 11.5 Å². The predicted molar refractivity (Wildman–Crippen MR) is 62.7 cm³/mol. The molecule has 0 radical (unpaired) electrons. The molecule has 0 aromatic carbocycles. The summed E-state index contributed by atoms with van der Waals surface area (Å²) < 4.78 is 1.68. The molecule has 6 nitrogen and oxygen atoms in total. The summed E-state index contributed by atoms with van der Waals surface area (Å²) in [6, 6.07) is 0. The summed E-state index contributed by atoms with van der Waals surface area (Å²) in [6.07, 6.45) is 1.99. The number of hydrogen-bond donors (Lipinski definition) is 2. The monoisotopic (exact) mass is 243 g/mol. The van der Waals surface area contributed by atoms with E-state index in [1.54, 1.807) is 11.6 Å². The number of amides is 1. The number of hydrogen-bond acceptors (Lipinski definition) is 5. The van der Waals surface area contributed by atoms with Gasteiger partial charge in [0.15, 0.2) is 5.16 Å². The van der Waals surface area contributed by atoms with E-state index in [2.05, 4.69) is 10.1 Å². The van der Waals surface area contributed by atoms with Crippen LogP contribution in [0.4, 0.5) is 0 Å². The van der Waals surface area contributed by atoms with Gasteiger partial charge in [-0.15, -0.1) is 0 Å². The number of carbonyl (C=O) groups is 1. The molecule has 90 valence electrons. The van der Waals surface area contributed by atoms with Crippen molar-refractivity contribution in [2.75, 3.05) is 0 Å². The summed E-state index contributed by atoms with van der Waals surface area (Å²) in [5.41, 5.74) is 10.0. The van der Waals surface area contributed by atoms with Gasteiger partial charge in [0.05, 0.1) is 5.54 Å². The quantitative estimate of drug-likeness (QED) is 0.703. The third-order valence-electron chi connectivity index (χ3n) is 2.25. The number of nitrogens with zero attached hydrogens (tertiary/aromatic N) is 3. The fraction of sp³-hybridized carbons (Fsp3) is 0.667. The Bertz CT molecular complexity index is 376. The summed E-state index contributed by atoms with van der Waals surface area (Å²) in [4.78, 5) is 15.2. The zero-order chi connectivity index (χ0) is 12.3. The van der Waals surface area contributed by atoms with Crippen LogP contribution in [0.1, 0.15) is 20.3 Å². The van der Waals surface area contributed by atoms with Crippen molar-refractivity contribution in [2.24, 2.45) is 18.5 Å². The number of thioether (sulfide) groups is 1. The molecule has 0 aliphatic carbocycles. The SMILES string of the molecule is CC(CC(C)(N)C(N)=O)Sc1ncnn1C. The molecule has 0 bridgehead atoms. The molecule has 0 aliphatic heterocycles. The lowest BCUT2D eigenvalue weighted by molar-refractivity contribution is -0.122. The normalized spacial score (nSPS) is 16.8. The van der Waals surface area contributed by atoms with Gasteiger partial charge in [-0.3, -0.25) is 4.79 Å². The molecule has 1 rings (SSSR count). The number of aromatic nitrogens is 3. The molecule has 2 unspecified atom stereocenters. The van der Waals surface area contributed by atoms with Crippen LogP contribution in [0.25, 0.3) is 0 Å². The largest absolute Gasteiger partial charge is 0.368 e. The summed E-state index contributed by atoms with van der Waals surface area (Å²) in [7, 11) is 1.82. The number of rotatable bonds is 5.